The Morgan fingerprint density at radius 3 is 2.57 bits per heavy atom. The minimum atomic E-state index is -3.73. The Morgan fingerprint density at radius 1 is 1.18 bits per heavy atom. The summed E-state index contributed by atoms with van der Waals surface area (Å²) in [6.07, 6.45) is 1.33. The number of carbonyl (C=O) groups is 1. The van der Waals surface area contributed by atoms with Crippen LogP contribution in [0.5, 0.6) is 0 Å². The van der Waals surface area contributed by atoms with E-state index in [2.05, 4.69) is 15.4 Å². The van der Waals surface area contributed by atoms with E-state index in [1.807, 2.05) is 0 Å². The normalized spacial score (nSPS) is 14.8. The third-order valence-electron chi connectivity index (χ3n) is 3.95. The molecule has 28 heavy (non-hydrogen) atoms. The molecule has 0 saturated carbocycles. The molecule has 1 aliphatic rings. The number of nitro groups is 1. The van der Waals surface area contributed by atoms with Crippen molar-refractivity contribution in [1.29, 1.82) is 0 Å². The van der Waals surface area contributed by atoms with Gasteiger partial charge in [-0.2, -0.15) is 0 Å². The Labute approximate surface area is 161 Å². The molecule has 2 aromatic rings. The second kappa shape index (κ2) is 7.41. The number of nitro benzene ring substituents is 1. The first-order valence-electron chi connectivity index (χ1n) is 8.37. The number of hydrogen-bond donors (Lipinski definition) is 3. The fourth-order valence-corrected chi connectivity index (χ4v) is 4.04. The van der Waals surface area contributed by atoms with Gasteiger partial charge in [0.1, 0.15) is 5.69 Å². The second-order valence-corrected chi connectivity index (χ2v) is 8.13. The summed E-state index contributed by atoms with van der Waals surface area (Å²) in [6.45, 7) is 3.41. The number of para-hydroxylation sites is 2. The molecule has 1 aliphatic heterocycles. The van der Waals surface area contributed by atoms with Crippen molar-refractivity contribution in [1.82, 2.24) is 4.72 Å². The van der Waals surface area contributed by atoms with Gasteiger partial charge in [0.2, 0.25) is 10.0 Å². The first-order valence-corrected chi connectivity index (χ1v) is 9.85. The molecule has 3 N–H and O–H groups in total. The molecule has 3 rings (SSSR count). The summed E-state index contributed by atoms with van der Waals surface area (Å²) in [7, 11) is -3.73. The number of nitrogens with zero attached hydrogens (tertiary/aromatic N) is 1. The van der Waals surface area contributed by atoms with E-state index in [1.54, 1.807) is 19.9 Å². The molecule has 1 heterocycles. The number of rotatable bonds is 6. The van der Waals surface area contributed by atoms with Crippen LogP contribution in [0.15, 0.2) is 53.6 Å². The maximum absolute atomic E-state index is 12.4. The molecule has 0 spiro atoms. The summed E-state index contributed by atoms with van der Waals surface area (Å²) in [5.74, 6) is -0.438. The number of fused-ring (bicyclic) bond motifs is 1. The van der Waals surface area contributed by atoms with Crippen LogP contribution in [-0.4, -0.2) is 25.3 Å². The molecule has 0 bridgehead atoms. The quantitative estimate of drug-likeness (QED) is 0.387. The van der Waals surface area contributed by atoms with E-state index in [1.165, 1.54) is 42.6 Å². The van der Waals surface area contributed by atoms with E-state index in [9.17, 15) is 23.3 Å². The molecule has 0 saturated heterocycles. The summed E-state index contributed by atoms with van der Waals surface area (Å²) < 4.78 is 27.3. The van der Waals surface area contributed by atoms with Crippen molar-refractivity contribution in [2.45, 2.75) is 24.8 Å². The molecule has 9 nitrogen and oxygen atoms in total. The second-order valence-electron chi connectivity index (χ2n) is 6.41. The lowest BCUT2D eigenvalue weighted by atomic mass is 10.1. The third-order valence-corrected chi connectivity index (χ3v) is 5.60. The molecule has 10 heteroatoms. The van der Waals surface area contributed by atoms with Crippen molar-refractivity contribution < 1.29 is 18.1 Å². The molecule has 0 atom stereocenters. The number of hydrogen-bond acceptors (Lipinski definition) is 6. The number of anilines is 2. The summed E-state index contributed by atoms with van der Waals surface area (Å²) in [5, 5.41) is 16.5. The lowest BCUT2D eigenvalue weighted by molar-refractivity contribution is -0.383. The zero-order valence-electron chi connectivity index (χ0n) is 15.1. The van der Waals surface area contributed by atoms with Gasteiger partial charge >= 0.3 is 0 Å². The highest BCUT2D eigenvalue weighted by molar-refractivity contribution is 7.89. The Kier molecular flexibility index (Phi) is 5.16. The van der Waals surface area contributed by atoms with E-state index in [0.29, 0.717) is 11.3 Å². The first kappa shape index (κ1) is 19.5. The highest BCUT2D eigenvalue weighted by atomic mass is 32.2. The minimum absolute atomic E-state index is 0.0213. The van der Waals surface area contributed by atoms with Crippen molar-refractivity contribution in [3.8, 4) is 0 Å². The predicted octanol–water partition coefficient (Wildman–Crippen LogP) is 2.69. The van der Waals surface area contributed by atoms with Crippen molar-refractivity contribution >= 4 is 38.6 Å². The van der Waals surface area contributed by atoms with Gasteiger partial charge in [0.15, 0.2) is 0 Å². The van der Waals surface area contributed by atoms with Crippen LogP contribution in [0.3, 0.4) is 0 Å². The topological polar surface area (TPSA) is 130 Å². The molecule has 1 amide bonds. The first-order chi connectivity index (χ1) is 13.2. The van der Waals surface area contributed by atoms with Crippen LogP contribution in [0.1, 0.15) is 19.4 Å². The lowest BCUT2D eigenvalue weighted by Gasteiger charge is -2.10. The molecular weight excluding hydrogens is 384 g/mol. The predicted molar refractivity (Wildman–Crippen MR) is 105 cm³/mol. The molecule has 0 fully saturated rings. The van der Waals surface area contributed by atoms with Crippen LogP contribution in [0, 0.1) is 10.1 Å². The summed E-state index contributed by atoms with van der Waals surface area (Å²) in [6, 6.07) is 10.0. The van der Waals surface area contributed by atoms with E-state index < -0.39 is 20.9 Å². The van der Waals surface area contributed by atoms with Gasteiger partial charge < -0.3 is 10.6 Å². The third kappa shape index (κ3) is 3.87. The maximum atomic E-state index is 12.4. The van der Waals surface area contributed by atoms with Crippen molar-refractivity contribution in [2.24, 2.45) is 0 Å². The Hall–Kier alpha value is -3.24. The summed E-state index contributed by atoms with van der Waals surface area (Å²) >= 11 is 0. The molecule has 0 aromatic heterocycles. The Balaban J connectivity index is 1.98. The van der Waals surface area contributed by atoms with Crippen molar-refractivity contribution in [3.63, 3.8) is 0 Å². The SMILES string of the molecule is CC(C)NS(=O)(=O)c1ccc2c(c1)/C(=C\Nc1ccccc1[N+](=O)[O-])C(=O)N2. The fraction of sp³-hybridized carbons (Fsp3) is 0.167. The van der Waals surface area contributed by atoms with E-state index in [4.69, 9.17) is 0 Å². The van der Waals surface area contributed by atoms with Crippen LogP contribution < -0.4 is 15.4 Å². The summed E-state index contributed by atoms with van der Waals surface area (Å²) in [4.78, 5) is 22.9. The van der Waals surface area contributed by atoms with Gasteiger partial charge in [-0.05, 0) is 38.1 Å². The Morgan fingerprint density at radius 2 is 1.89 bits per heavy atom. The van der Waals surface area contributed by atoms with Gasteiger partial charge in [0, 0.05) is 29.6 Å². The van der Waals surface area contributed by atoms with Crippen LogP contribution in [0.2, 0.25) is 0 Å². The van der Waals surface area contributed by atoms with Crippen LogP contribution in [0.25, 0.3) is 5.57 Å². The molecular formula is C18H18N4O5S. The number of nitrogens with one attached hydrogen (secondary N) is 3. The van der Waals surface area contributed by atoms with Crippen LogP contribution >= 0.6 is 0 Å². The van der Waals surface area contributed by atoms with Gasteiger partial charge in [-0.3, -0.25) is 14.9 Å². The Bertz CT molecular complexity index is 1090. The highest BCUT2D eigenvalue weighted by Crippen LogP contribution is 2.34. The van der Waals surface area contributed by atoms with Gasteiger partial charge in [-0.1, -0.05) is 12.1 Å². The molecule has 2 aromatic carbocycles. The zero-order chi connectivity index (χ0) is 20.5. The molecule has 0 unspecified atom stereocenters. The number of carbonyl (C=O) groups excluding carboxylic acids is 1. The number of sulfonamides is 1. The highest BCUT2D eigenvalue weighted by Gasteiger charge is 2.27. The van der Waals surface area contributed by atoms with Crippen molar-refractivity contribution in [2.75, 3.05) is 10.6 Å². The minimum Gasteiger partial charge on any atom is -0.355 e. The van der Waals surface area contributed by atoms with E-state index in [-0.39, 0.29) is 27.9 Å². The van der Waals surface area contributed by atoms with Gasteiger partial charge in [-0.25, -0.2) is 13.1 Å². The van der Waals surface area contributed by atoms with Crippen LogP contribution in [-0.2, 0) is 14.8 Å². The van der Waals surface area contributed by atoms with Crippen LogP contribution in [0.4, 0.5) is 17.1 Å². The molecule has 0 aliphatic carbocycles. The monoisotopic (exact) mass is 402 g/mol. The lowest BCUT2D eigenvalue weighted by Crippen LogP contribution is -2.30. The van der Waals surface area contributed by atoms with Gasteiger partial charge in [0.05, 0.1) is 15.4 Å². The summed E-state index contributed by atoms with van der Waals surface area (Å²) in [5.41, 5.74) is 1.10. The molecule has 146 valence electrons. The van der Waals surface area contributed by atoms with E-state index >= 15 is 0 Å². The zero-order valence-corrected chi connectivity index (χ0v) is 15.9. The smallest absolute Gasteiger partial charge is 0.292 e. The molecule has 0 radical (unpaired) electrons. The number of benzene rings is 2. The average Bonchev–Trinajstić information content (AvgIpc) is 2.93. The van der Waals surface area contributed by atoms with Crippen molar-refractivity contribution in [3.05, 3.63) is 64.3 Å². The number of amides is 1. The van der Waals surface area contributed by atoms with E-state index in [0.717, 1.165) is 0 Å². The van der Waals surface area contributed by atoms with Gasteiger partial charge in [0.25, 0.3) is 11.6 Å². The maximum Gasteiger partial charge on any atom is 0.292 e. The largest absolute Gasteiger partial charge is 0.355 e. The van der Waals surface area contributed by atoms with Gasteiger partial charge in [-0.15, -0.1) is 0 Å². The fourth-order valence-electron chi connectivity index (χ4n) is 2.76. The standard InChI is InChI=1S/C18H18N4O5S/c1-11(2)21-28(26,27)12-7-8-15-13(9-12)14(18(23)20-15)10-19-16-5-3-4-6-17(16)22(24)25/h3-11,19,21H,1-2H3,(H,20,23)/b14-10+. The average molecular weight is 402 g/mol.